The van der Waals surface area contributed by atoms with Crippen LogP contribution < -0.4 is 15.8 Å². The summed E-state index contributed by atoms with van der Waals surface area (Å²) in [6.45, 7) is 1.86. The lowest BCUT2D eigenvalue weighted by Crippen LogP contribution is -2.20. The maximum absolute atomic E-state index is 12.0. The van der Waals surface area contributed by atoms with Gasteiger partial charge < -0.3 is 20.5 Å². The van der Waals surface area contributed by atoms with Crippen molar-refractivity contribution in [2.75, 3.05) is 24.8 Å². The van der Waals surface area contributed by atoms with Gasteiger partial charge in [-0.25, -0.2) is 0 Å². The molecule has 0 saturated carbocycles. The van der Waals surface area contributed by atoms with Crippen LogP contribution >= 0.6 is 0 Å². The van der Waals surface area contributed by atoms with Gasteiger partial charge in [-0.1, -0.05) is 30.3 Å². The second-order valence-electron chi connectivity index (χ2n) is 4.87. The van der Waals surface area contributed by atoms with Crippen molar-refractivity contribution < 1.29 is 14.3 Å². The lowest BCUT2D eigenvalue weighted by atomic mass is 10.1. The number of nitrogens with two attached hydrogens (primary N) is 1. The average molecular weight is 300 g/mol. The normalized spacial score (nSPS) is 11.7. The predicted molar refractivity (Wildman–Crippen MR) is 86.8 cm³/mol. The van der Waals surface area contributed by atoms with Crippen molar-refractivity contribution in [2.24, 2.45) is 0 Å². The van der Waals surface area contributed by atoms with E-state index < -0.39 is 0 Å². The molecule has 0 aliphatic carbocycles. The molecule has 0 fully saturated rings. The molecule has 0 aliphatic heterocycles. The Morgan fingerprint density at radius 3 is 2.64 bits per heavy atom. The van der Waals surface area contributed by atoms with E-state index in [-0.39, 0.29) is 18.6 Å². The molecule has 0 spiro atoms. The molecule has 2 aromatic rings. The number of anilines is 2. The molecule has 1 atom stereocenters. The molecule has 0 aromatic heterocycles. The number of carbonyl (C=O) groups is 1. The van der Waals surface area contributed by atoms with Crippen LogP contribution in [-0.4, -0.2) is 19.6 Å². The van der Waals surface area contributed by atoms with E-state index in [0.29, 0.717) is 17.1 Å². The number of hydrogen-bond donors (Lipinski definition) is 2. The van der Waals surface area contributed by atoms with E-state index in [0.717, 1.165) is 5.56 Å². The minimum atomic E-state index is -0.258. The highest BCUT2D eigenvalue weighted by Crippen LogP contribution is 2.26. The molecule has 1 amide bonds. The molecule has 5 heteroatoms. The summed E-state index contributed by atoms with van der Waals surface area (Å²) in [4.78, 5) is 12.0. The molecule has 0 bridgehead atoms. The number of hydrogen-bond acceptors (Lipinski definition) is 4. The fourth-order valence-corrected chi connectivity index (χ4v) is 2.03. The van der Waals surface area contributed by atoms with Gasteiger partial charge in [0.05, 0.1) is 18.9 Å². The van der Waals surface area contributed by atoms with Gasteiger partial charge in [-0.15, -0.1) is 0 Å². The first-order valence-electron chi connectivity index (χ1n) is 7.00. The van der Waals surface area contributed by atoms with Crippen molar-refractivity contribution in [1.29, 1.82) is 0 Å². The summed E-state index contributed by atoms with van der Waals surface area (Å²) in [5.74, 6) is 0.297. The second-order valence-corrected chi connectivity index (χ2v) is 4.87. The Morgan fingerprint density at radius 1 is 1.23 bits per heavy atom. The van der Waals surface area contributed by atoms with Crippen LogP contribution in [0.1, 0.15) is 18.6 Å². The largest absolute Gasteiger partial charge is 0.495 e. The van der Waals surface area contributed by atoms with Crippen LogP contribution in [-0.2, 0) is 9.53 Å². The van der Waals surface area contributed by atoms with E-state index >= 15 is 0 Å². The third kappa shape index (κ3) is 4.23. The molecule has 22 heavy (non-hydrogen) atoms. The molecule has 2 aromatic carbocycles. The molecule has 0 heterocycles. The van der Waals surface area contributed by atoms with Gasteiger partial charge in [0.25, 0.3) is 5.91 Å². The Bertz CT molecular complexity index is 629. The zero-order valence-electron chi connectivity index (χ0n) is 12.7. The summed E-state index contributed by atoms with van der Waals surface area (Å²) >= 11 is 0. The number of ether oxygens (including phenoxy) is 2. The Kier molecular flexibility index (Phi) is 5.38. The Labute approximate surface area is 130 Å². The number of methoxy groups -OCH3 is 1. The highest BCUT2D eigenvalue weighted by Gasteiger charge is 2.11. The molecule has 0 radical (unpaired) electrons. The average Bonchev–Trinajstić information content (AvgIpc) is 2.53. The van der Waals surface area contributed by atoms with Crippen LogP contribution in [0.5, 0.6) is 5.75 Å². The third-order valence-electron chi connectivity index (χ3n) is 3.23. The highest BCUT2D eigenvalue weighted by molar-refractivity contribution is 5.93. The van der Waals surface area contributed by atoms with Crippen molar-refractivity contribution in [2.45, 2.75) is 13.0 Å². The highest BCUT2D eigenvalue weighted by atomic mass is 16.5. The summed E-state index contributed by atoms with van der Waals surface area (Å²) in [7, 11) is 1.54. The first-order valence-corrected chi connectivity index (χ1v) is 7.00. The smallest absolute Gasteiger partial charge is 0.250 e. The summed E-state index contributed by atoms with van der Waals surface area (Å²) in [6, 6.07) is 14.8. The minimum Gasteiger partial charge on any atom is -0.495 e. The van der Waals surface area contributed by atoms with Crippen molar-refractivity contribution >= 4 is 17.3 Å². The quantitative estimate of drug-likeness (QED) is 0.804. The molecule has 2 rings (SSSR count). The molecular weight excluding hydrogens is 280 g/mol. The molecule has 1 unspecified atom stereocenters. The molecule has 0 saturated heterocycles. The first kappa shape index (κ1) is 15.9. The van der Waals surface area contributed by atoms with Crippen molar-refractivity contribution in [3.8, 4) is 5.75 Å². The van der Waals surface area contributed by atoms with E-state index in [1.807, 2.05) is 37.3 Å². The molecular formula is C17H20N2O3. The zero-order chi connectivity index (χ0) is 15.9. The summed E-state index contributed by atoms with van der Waals surface area (Å²) < 4.78 is 10.8. The van der Waals surface area contributed by atoms with Crippen LogP contribution in [0.25, 0.3) is 0 Å². The zero-order valence-corrected chi connectivity index (χ0v) is 12.7. The molecule has 0 aliphatic rings. The van der Waals surface area contributed by atoms with E-state index in [1.165, 1.54) is 7.11 Å². The Morgan fingerprint density at radius 2 is 1.95 bits per heavy atom. The maximum Gasteiger partial charge on any atom is 0.250 e. The van der Waals surface area contributed by atoms with E-state index in [4.69, 9.17) is 15.2 Å². The van der Waals surface area contributed by atoms with Crippen molar-refractivity contribution in [1.82, 2.24) is 0 Å². The number of rotatable bonds is 6. The van der Waals surface area contributed by atoms with Crippen LogP contribution in [0, 0.1) is 0 Å². The van der Waals surface area contributed by atoms with Gasteiger partial charge in [-0.05, 0) is 30.7 Å². The standard InChI is InChI=1S/C17H20N2O3/c1-12(13-6-4-3-5-7-13)22-11-17(20)19-15-10-14(18)8-9-16(15)21-2/h3-10,12H,11,18H2,1-2H3,(H,19,20). The van der Waals surface area contributed by atoms with Crippen LogP contribution in [0.2, 0.25) is 0 Å². The molecule has 5 nitrogen and oxygen atoms in total. The molecule has 116 valence electrons. The number of carbonyl (C=O) groups excluding carboxylic acids is 1. The van der Waals surface area contributed by atoms with Crippen molar-refractivity contribution in [3.63, 3.8) is 0 Å². The van der Waals surface area contributed by atoms with Gasteiger partial charge in [-0.3, -0.25) is 4.79 Å². The van der Waals surface area contributed by atoms with Gasteiger partial charge >= 0.3 is 0 Å². The van der Waals surface area contributed by atoms with Gasteiger partial charge in [0.1, 0.15) is 12.4 Å². The summed E-state index contributed by atoms with van der Waals surface area (Å²) in [5, 5.41) is 2.74. The topological polar surface area (TPSA) is 73.6 Å². The molecule has 3 N–H and O–H groups in total. The number of amides is 1. The fraction of sp³-hybridized carbons (Fsp3) is 0.235. The SMILES string of the molecule is COc1ccc(N)cc1NC(=O)COC(C)c1ccccc1. The maximum atomic E-state index is 12.0. The van der Waals surface area contributed by atoms with Gasteiger partial charge in [0.15, 0.2) is 0 Å². The van der Waals surface area contributed by atoms with E-state index in [1.54, 1.807) is 18.2 Å². The van der Waals surface area contributed by atoms with Crippen LogP contribution in [0.15, 0.2) is 48.5 Å². The minimum absolute atomic E-state index is 0.0476. The first-order chi connectivity index (χ1) is 10.6. The summed E-state index contributed by atoms with van der Waals surface area (Å²) in [6.07, 6.45) is -0.158. The van der Waals surface area contributed by atoms with Gasteiger partial charge in [-0.2, -0.15) is 0 Å². The fourth-order valence-electron chi connectivity index (χ4n) is 2.03. The van der Waals surface area contributed by atoms with E-state index in [2.05, 4.69) is 5.32 Å². The Balaban J connectivity index is 1.92. The number of benzene rings is 2. The monoisotopic (exact) mass is 300 g/mol. The van der Waals surface area contributed by atoms with Crippen molar-refractivity contribution in [3.05, 3.63) is 54.1 Å². The summed E-state index contributed by atoms with van der Waals surface area (Å²) in [5.41, 5.74) is 7.82. The van der Waals surface area contributed by atoms with Crippen LogP contribution in [0.4, 0.5) is 11.4 Å². The van der Waals surface area contributed by atoms with Gasteiger partial charge in [0.2, 0.25) is 0 Å². The predicted octanol–water partition coefficient (Wildman–Crippen LogP) is 2.99. The lowest BCUT2D eigenvalue weighted by molar-refractivity contribution is -0.122. The Hall–Kier alpha value is -2.53. The van der Waals surface area contributed by atoms with Crippen LogP contribution in [0.3, 0.4) is 0 Å². The van der Waals surface area contributed by atoms with E-state index in [9.17, 15) is 4.79 Å². The lowest BCUT2D eigenvalue weighted by Gasteiger charge is -2.14. The number of nitrogens with one attached hydrogen (secondary N) is 1. The third-order valence-corrected chi connectivity index (χ3v) is 3.23. The second kappa shape index (κ2) is 7.47. The number of nitrogen functional groups attached to an aromatic ring is 1. The van der Waals surface area contributed by atoms with Gasteiger partial charge in [0, 0.05) is 5.69 Å².